The van der Waals surface area contributed by atoms with E-state index in [0.717, 1.165) is 31.2 Å². The average Bonchev–Trinajstić information content (AvgIpc) is 3.17. The van der Waals surface area contributed by atoms with Crippen LogP contribution in [0.3, 0.4) is 0 Å². The fraction of sp³-hybridized carbons (Fsp3) is 0.528. The van der Waals surface area contributed by atoms with Crippen LogP contribution >= 0.6 is 11.8 Å². The number of likely N-dealkylation sites (tertiary alicyclic amines) is 1. The summed E-state index contributed by atoms with van der Waals surface area (Å²) in [5.41, 5.74) is 0.259. The van der Waals surface area contributed by atoms with Gasteiger partial charge in [-0.3, -0.25) is 19.7 Å². The van der Waals surface area contributed by atoms with E-state index in [0.29, 0.717) is 34.9 Å². The van der Waals surface area contributed by atoms with Gasteiger partial charge in [0.2, 0.25) is 5.91 Å². The van der Waals surface area contributed by atoms with Crippen LogP contribution in [0.2, 0.25) is 18.1 Å². The summed E-state index contributed by atoms with van der Waals surface area (Å²) >= 11 is 1.24. The summed E-state index contributed by atoms with van der Waals surface area (Å²) in [7, 11) is -2.29. The number of benzene rings is 2. The summed E-state index contributed by atoms with van der Waals surface area (Å²) in [4.78, 5) is 56.4. The van der Waals surface area contributed by atoms with Crippen molar-refractivity contribution in [3.8, 4) is 0 Å². The predicted octanol–water partition coefficient (Wildman–Crippen LogP) is 7.50. The fourth-order valence-electron chi connectivity index (χ4n) is 7.12. The maximum absolute atomic E-state index is 14.0. The van der Waals surface area contributed by atoms with Crippen molar-refractivity contribution in [2.45, 2.75) is 102 Å². The Balaban J connectivity index is 1.59. The zero-order valence-corrected chi connectivity index (χ0v) is 30.8. The van der Waals surface area contributed by atoms with Crippen LogP contribution in [0, 0.1) is 21.4 Å². The average molecular weight is 694 g/mol. The number of thioether (sulfide) groups is 1. The smallest absolute Gasteiger partial charge is 0.353 e. The predicted molar refractivity (Wildman–Crippen MR) is 188 cm³/mol. The van der Waals surface area contributed by atoms with Gasteiger partial charge in [0.15, 0.2) is 8.32 Å². The van der Waals surface area contributed by atoms with Crippen LogP contribution in [0.15, 0.2) is 64.0 Å². The molecular formula is C36H47N3O7SSi. The number of rotatable bonds is 10. The molecule has 0 radical (unpaired) electrons. The number of nitro groups is 1. The molecule has 0 saturated carbocycles. The first kappa shape index (κ1) is 35.8. The van der Waals surface area contributed by atoms with E-state index in [1.807, 2.05) is 36.9 Å². The highest BCUT2D eigenvalue weighted by Gasteiger charge is 2.67. The van der Waals surface area contributed by atoms with Crippen LogP contribution < -0.4 is 0 Å². The van der Waals surface area contributed by atoms with Gasteiger partial charge in [0, 0.05) is 40.4 Å². The highest BCUT2D eigenvalue weighted by molar-refractivity contribution is 8.03. The molecule has 4 atom stereocenters. The Morgan fingerprint density at radius 1 is 1.08 bits per heavy atom. The number of nitrogens with zero attached hydrogens (tertiary/aromatic N) is 3. The van der Waals surface area contributed by atoms with Gasteiger partial charge in [0.05, 0.1) is 28.6 Å². The molecular weight excluding hydrogens is 647 g/mol. The minimum Gasteiger partial charge on any atom is -0.477 e. The summed E-state index contributed by atoms with van der Waals surface area (Å²) in [5.74, 6) is -2.18. The first-order valence-corrected chi connectivity index (χ1v) is 20.5. The number of carboxylic acid groups (broad SMARTS) is 1. The molecule has 3 heterocycles. The number of β-lactam (4-membered cyclic amide) rings is 1. The minimum atomic E-state index is -2.29. The van der Waals surface area contributed by atoms with E-state index < -0.39 is 42.7 Å². The molecule has 0 spiro atoms. The van der Waals surface area contributed by atoms with Crippen LogP contribution in [0.5, 0.6) is 0 Å². The summed E-state index contributed by atoms with van der Waals surface area (Å²) in [6, 6.07) is 13.0. The number of hydrogen-bond donors (Lipinski definition) is 1. The van der Waals surface area contributed by atoms with Crippen LogP contribution in [0.25, 0.3) is 0 Å². The number of fused-ring (bicyclic) bond motifs is 1. The molecule has 258 valence electrons. The topological polar surface area (TPSA) is 130 Å². The van der Waals surface area contributed by atoms with E-state index in [9.17, 15) is 29.6 Å². The summed E-state index contributed by atoms with van der Waals surface area (Å²) in [6.07, 6.45) is 3.91. The van der Waals surface area contributed by atoms with Crippen molar-refractivity contribution in [3.05, 3.63) is 80.4 Å². The van der Waals surface area contributed by atoms with E-state index >= 15 is 0 Å². The Morgan fingerprint density at radius 2 is 1.69 bits per heavy atom. The number of aliphatic carboxylic acids is 1. The lowest BCUT2D eigenvalue weighted by Crippen LogP contribution is -2.67. The molecule has 12 heteroatoms. The van der Waals surface area contributed by atoms with E-state index in [-0.39, 0.29) is 28.2 Å². The number of carbonyl (C=O) groups is 3. The minimum absolute atomic E-state index is 0.0395. The van der Waals surface area contributed by atoms with Crippen LogP contribution in [-0.4, -0.2) is 71.2 Å². The molecule has 2 aromatic rings. The quantitative estimate of drug-likeness (QED) is 0.117. The van der Waals surface area contributed by atoms with E-state index in [2.05, 4.69) is 33.9 Å². The molecule has 2 saturated heterocycles. The van der Waals surface area contributed by atoms with Crippen molar-refractivity contribution in [1.82, 2.24) is 9.80 Å². The van der Waals surface area contributed by atoms with Gasteiger partial charge >= 0.3 is 5.97 Å². The van der Waals surface area contributed by atoms with Gasteiger partial charge in [0.1, 0.15) is 5.70 Å². The van der Waals surface area contributed by atoms with Gasteiger partial charge in [-0.2, -0.15) is 0 Å². The second-order valence-corrected chi connectivity index (χ2v) is 20.9. The van der Waals surface area contributed by atoms with Crippen molar-refractivity contribution in [3.63, 3.8) is 0 Å². The van der Waals surface area contributed by atoms with Gasteiger partial charge in [0.25, 0.3) is 11.6 Å². The largest absolute Gasteiger partial charge is 0.477 e. The van der Waals surface area contributed by atoms with Gasteiger partial charge in [-0.1, -0.05) is 76.6 Å². The van der Waals surface area contributed by atoms with Crippen molar-refractivity contribution in [2.24, 2.45) is 11.3 Å². The first-order chi connectivity index (χ1) is 22.5. The maximum atomic E-state index is 14.0. The number of amides is 2. The van der Waals surface area contributed by atoms with Gasteiger partial charge in [-0.05, 0) is 62.0 Å². The maximum Gasteiger partial charge on any atom is 0.353 e. The molecule has 0 aromatic heterocycles. The molecule has 3 aliphatic rings. The zero-order chi connectivity index (χ0) is 35.2. The molecule has 0 aliphatic carbocycles. The molecule has 48 heavy (non-hydrogen) atoms. The highest BCUT2D eigenvalue weighted by Crippen LogP contribution is 2.60. The molecule has 3 aliphatic heterocycles. The molecule has 0 unspecified atom stereocenters. The third kappa shape index (κ3) is 6.58. The van der Waals surface area contributed by atoms with Crippen molar-refractivity contribution >= 4 is 43.6 Å². The second kappa shape index (κ2) is 13.4. The Kier molecular flexibility index (Phi) is 10.0. The normalized spacial score (nSPS) is 23.8. The number of non-ortho nitro benzene ring substituents is 1. The lowest BCUT2D eigenvalue weighted by molar-refractivity contribution is -0.384. The Morgan fingerprint density at radius 3 is 2.25 bits per heavy atom. The number of hydrogen-bond acceptors (Lipinski definition) is 7. The third-order valence-corrected chi connectivity index (χ3v) is 16.7. The van der Waals surface area contributed by atoms with E-state index in [4.69, 9.17) is 4.43 Å². The lowest BCUT2D eigenvalue weighted by Gasteiger charge is -2.53. The molecule has 5 rings (SSSR count). The molecule has 2 fully saturated rings. The number of nitro benzene ring substituents is 1. The standard InChI is InChI=1S/C36H47N3O7SSi/c1-23(46-48(6,7)35(2,3)4)28-30-36(5,22-24-16-18-25(19-17-24)39(44)45)31(29(34(42)43)38(30)33(28)41)47-27-15-11-10-14-26(27)32(40)37-20-12-8-9-13-21-37/h10-11,14-19,23,28,30H,8-9,12-13,20-22H2,1-7H3,(H,42,43)/t23-,28-,30+,36-/m1/s1. The van der Waals surface area contributed by atoms with Crippen molar-refractivity contribution in [2.75, 3.05) is 13.1 Å². The molecule has 2 amide bonds. The molecule has 0 bridgehead atoms. The van der Waals surface area contributed by atoms with Gasteiger partial charge in [-0.15, -0.1) is 0 Å². The van der Waals surface area contributed by atoms with Crippen LogP contribution in [0.1, 0.15) is 76.2 Å². The van der Waals surface area contributed by atoms with Gasteiger partial charge in [-0.25, -0.2) is 4.79 Å². The first-order valence-electron chi connectivity index (χ1n) is 16.8. The van der Waals surface area contributed by atoms with E-state index in [1.165, 1.54) is 28.8 Å². The molecule has 2 aromatic carbocycles. The van der Waals surface area contributed by atoms with Crippen molar-refractivity contribution in [1.29, 1.82) is 0 Å². The number of carboxylic acids is 1. The summed E-state index contributed by atoms with van der Waals surface area (Å²) in [5, 5.41) is 22.0. The second-order valence-electron chi connectivity index (χ2n) is 15.1. The zero-order valence-electron chi connectivity index (χ0n) is 28.9. The Bertz CT molecular complexity index is 1630. The van der Waals surface area contributed by atoms with Crippen LogP contribution in [0.4, 0.5) is 5.69 Å². The summed E-state index contributed by atoms with van der Waals surface area (Å²) < 4.78 is 6.74. The molecule has 1 N–H and O–H groups in total. The monoisotopic (exact) mass is 693 g/mol. The van der Waals surface area contributed by atoms with Gasteiger partial charge < -0.3 is 19.3 Å². The highest BCUT2D eigenvalue weighted by atomic mass is 32.2. The SMILES string of the molecule is C[C@@H](O[Si](C)(C)C(C)(C)C)[C@H]1C(=O)N2C(C(=O)O)=C(Sc3ccccc3C(=O)N3CCCCCC3)[C@](C)(Cc3ccc([N+](=O)[O-])cc3)[C@H]12. The van der Waals surface area contributed by atoms with Crippen molar-refractivity contribution < 1.29 is 28.8 Å². The Hall–Kier alpha value is -3.48. The lowest BCUT2D eigenvalue weighted by atomic mass is 9.67. The van der Waals surface area contributed by atoms with Crippen LogP contribution in [-0.2, 0) is 20.4 Å². The summed E-state index contributed by atoms with van der Waals surface area (Å²) in [6.45, 7) is 15.9. The van der Waals surface area contributed by atoms with E-state index in [1.54, 1.807) is 18.2 Å². The Labute approximate surface area is 288 Å². The third-order valence-electron chi connectivity index (χ3n) is 10.7. The fourth-order valence-corrected chi connectivity index (χ4v) is 9.89. The molecule has 10 nitrogen and oxygen atoms in total. The number of carbonyl (C=O) groups excluding carboxylic acids is 2.